The number of amides is 1. The van der Waals surface area contributed by atoms with E-state index in [4.69, 9.17) is 9.84 Å². The van der Waals surface area contributed by atoms with E-state index in [0.29, 0.717) is 30.1 Å². The molecule has 6 heteroatoms. The molecule has 0 bridgehead atoms. The molecule has 1 rings (SSSR count). The predicted octanol–water partition coefficient (Wildman–Crippen LogP) is 2.58. The van der Waals surface area contributed by atoms with Gasteiger partial charge in [-0.15, -0.1) is 0 Å². The van der Waals surface area contributed by atoms with Crippen molar-refractivity contribution in [2.45, 2.75) is 19.4 Å². The van der Waals surface area contributed by atoms with Gasteiger partial charge < -0.3 is 15.2 Å². The average Bonchev–Trinajstić information content (AvgIpc) is 2.49. The summed E-state index contributed by atoms with van der Waals surface area (Å²) >= 11 is 1.54. The van der Waals surface area contributed by atoms with Gasteiger partial charge in [-0.1, -0.05) is 12.6 Å². The Morgan fingerprint density at radius 3 is 2.77 bits per heavy atom. The van der Waals surface area contributed by atoms with Gasteiger partial charge in [-0.3, -0.25) is 4.79 Å². The van der Waals surface area contributed by atoms with Crippen molar-refractivity contribution in [3.63, 3.8) is 0 Å². The maximum absolute atomic E-state index is 12.2. The second-order valence-electron chi connectivity index (χ2n) is 4.92. The molecule has 22 heavy (non-hydrogen) atoms. The Morgan fingerprint density at radius 1 is 1.45 bits per heavy atom. The van der Waals surface area contributed by atoms with Crippen molar-refractivity contribution in [2.24, 2.45) is 0 Å². The number of carboxylic acids is 1. The van der Waals surface area contributed by atoms with E-state index < -0.39 is 17.9 Å². The standard InChI is InChI=1S/C16H21NO4S/c1-11(2)10-21-13-6-4-5-12(9-13)15(18)17-14(16(19)20)7-8-22-3/h4-6,9,14H,1,7-8,10H2,2-3H3,(H,17,18)(H,19,20)/t14-/m0/s1. The summed E-state index contributed by atoms with van der Waals surface area (Å²) in [5.41, 5.74) is 1.24. The van der Waals surface area contributed by atoms with Crippen LogP contribution >= 0.6 is 11.8 Å². The van der Waals surface area contributed by atoms with E-state index in [9.17, 15) is 9.59 Å². The van der Waals surface area contributed by atoms with E-state index in [0.717, 1.165) is 5.57 Å². The van der Waals surface area contributed by atoms with Gasteiger partial charge in [0.05, 0.1) is 0 Å². The highest BCUT2D eigenvalue weighted by Crippen LogP contribution is 2.14. The summed E-state index contributed by atoms with van der Waals surface area (Å²) in [7, 11) is 0. The first-order valence-corrected chi connectivity index (χ1v) is 8.23. The summed E-state index contributed by atoms with van der Waals surface area (Å²) in [5, 5.41) is 11.7. The number of hydrogen-bond donors (Lipinski definition) is 2. The number of ether oxygens (including phenoxy) is 1. The van der Waals surface area contributed by atoms with Crippen molar-refractivity contribution in [1.29, 1.82) is 0 Å². The van der Waals surface area contributed by atoms with Crippen molar-refractivity contribution in [3.05, 3.63) is 42.0 Å². The normalized spacial score (nSPS) is 11.5. The summed E-state index contributed by atoms with van der Waals surface area (Å²) < 4.78 is 5.48. The lowest BCUT2D eigenvalue weighted by molar-refractivity contribution is -0.139. The fourth-order valence-corrected chi connectivity index (χ4v) is 2.14. The molecular formula is C16H21NO4S. The first-order valence-electron chi connectivity index (χ1n) is 6.84. The molecule has 120 valence electrons. The number of rotatable bonds is 9. The number of aliphatic carboxylic acids is 1. The number of benzene rings is 1. The zero-order chi connectivity index (χ0) is 16.5. The van der Waals surface area contributed by atoms with Crippen molar-refractivity contribution in [2.75, 3.05) is 18.6 Å². The van der Waals surface area contributed by atoms with E-state index in [-0.39, 0.29) is 0 Å². The molecule has 0 aliphatic heterocycles. The molecule has 0 radical (unpaired) electrons. The topological polar surface area (TPSA) is 75.6 Å². The Hall–Kier alpha value is -1.95. The number of thioether (sulfide) groups is 1. The second-order valence-corrected chi connectivity index (χ2v) is 5.90. The van der Waals surface area contributed by atoms with Crippen LogP contribution in [0.4, 0.5) is 0 Å². The third-order valence-electron chi connectivity index (χ3n) is 2.80. The van der Waals surface area contributed by atoms with Crippen molar-refractivity contribution in [3.8, 4) is 5.75 Å². The summed E-state index contributed by atoms with van der Waals surface area (Å²) in [6.07, 6.45) is 2.28. The van der Waals surface area contributed by atoms with E-state index in [2.05, 4.69) is 11.9 Å². The molecule has 1 amide bonds. The summed E-state index contributed by atoms with van der Waals surface area (Å²) in [4.78, 5) is 23.3. The van der Waals surface area contributed by atoms with Crippen LogP contribution in [-0.2, 0) is 4.79 Å². The van der Waals surface area contributed by atoms with E-state index in [1.165, 1.54) is 11.8 Å². The second kappa shape index (κ2) is 9.15. The van der Waals surface area contributed by atoms with Crippen molar-refractivity contribution in [1.82, 2.24) is 5.32 Å². The number of carbonyl (C=O) groups excluding carboxylic acids is 1. The van der Waals surface area contributed by atoms with Gasteiger partial charge in [-0.2, -0.15) is 11.8 Å². The fourth-order valence-electron chi connectivity index (χ4n) is 1.67. The monoisotopic (exact) mass is 323 g/mol. The SMILES string of the molecule is C=C(C)COc1cccc(C(=O)N[C@@H](CCSC)C(=O)O)c1. The number of carboxylic acid groups (broad SMARTS) is 1. The molecule has 0 unspecified atom stereocenters. The molecule has 0 saturated carbocycles. The Morgan fingerprint density at radius 2 is 2.18 bits per heavy atom. The van der Waals surface area contributed by atoms with Crippen LogP contribution < -0.4 is 10.1 Å². The smallest absolute Gasteiger partial charge is 0.326 e. The van der Waals surface area contributed by atoms with Gasteiger partial charge >= 0.3 is 5.97 Å². The van der Waals surface area contributed by atoms with Gasteiger partial charge in [0.25, 0.3) is 5.91 Å². The number of carbonyl (C=O) groups is 2. The van der Waals surface area contributed by atoms with Gasteiger partial charge in [-0.25, -0.2) is 4.79 Å². The van der Waals surface area contributed by atoms with Crippen LogP contribution in [0.15, 0.2) is 36.4 Å². The molecule has 1 aromatic rings. The fraction of sp³-hybridized carbons (Fsp3) is 0.375. The molecule has 0 saturated heterocycles. The molecular weight excluding hydrogens is 302 g/mol. The van der Waals surface area contributed by atoms with Crippen LogP contribution in [0.2, 0.25) is 0 Å². The van der Waals surface area contributed by atoms with Crippen molar-refractivity contribution < 1.29 is 19.4 Å². The van der Waals surface area contributed by atoms with Gasteiger partial charge in [0.2, 0.25) is 0 Å². The molecule has 0 spiro atoms. The Kier molecular flexibility index (Phi) is 7.52. The maximum atomic E-state index is 12.2. The zero-order valence-electron chi connectivity index (χ0n) is 12.8. The molecule has 0 aliphatic rings. The summed E-state index contributed by atoms with van der Waals surface area (Å²) in [6.45, 7) is 5.96. The minimum atomic E-state index is -1.03. The third-order valence-corrected chi connectivity index (χ3v) is 3.44. The van der Waals surface area contributed by atoms with Crippen LogP contribution in [-0.4, -0.2) is 41.6 Å². The van der Waals surface area contributed by atoms with Crippen LogP contribution in [0.5, 0.6) is 5.75 Å². The van der Waals surface area contributed by atoms with Gasteiger partial charge in [0, 0.05) is 5.56 Å². The van der Waals surface area contributed by atoms with Crippen LogP contribution in [0.1, 0.15) is 23.7 Å². The van der Waals surface area contributed by atoms with E-state index >= 15 is 0 Å². The molecule has 1 aromatic carbocycles. The molecule has 0 heterocycles. The highest BCUT2D eigenvalue weighted by Gasteiger charge is 2.20. The average molecular weight is 323 g/mol. The summed E-state index contributed by atoms with van der Waals surface area (Å²) in [6, 6.07) is 5.75. The minimum Gasteiger partial charge on any atom is -0.489 e. The van der Waals surface area contributed by atoms with Gasteiger partial charge in [0.15, 0.2) is 0 Å². The Labute approximate surface area is 134 Å². The Balaban J connectivity index is 2.73. The first-order chi connectivity index (χ1) is 10.4. The maximum Gasteiger partial charge on any atom is 0.326 e. The number of hydrogen-bond acceptors (Lipinski definition) is 4. The largest absolute Gasteiger partial charge is 0.489 e. The van der Waals surface area contributed by atoms with Gasteiger partial charge in [-0.05, 0) is 49.1 Å². The van der Waals surface area contributed by atoms with Crippen LogP contribution in [0.3, 0.4) is 0 Å². The molecule has 0 aliphatic carbocycles. The minimum absolute atomic E-state index is 0.370. The zero-order valence-corrected chi connectivity index (χ0v) is 13.6. The molecule has 1 atom stereocenters. The predicted molar refractivity (Wildman–Crippen MR) is 88.6 cm³/mol. The molecule has 0 aromatic heterocycles. The number of nitrogens with one attached hydrogen (secondary N) is 1. The lowest BCUT2D eigenvalue weighted by atomic mass is 10.1. The van der Waals surface area contributed by atoms with E-state index in [1.54, 1.807) is 24.3 Å². The Bertz CT molecular complexity index is 545. The van der Waals surface area contributed by atoms with Crippen LogP contribution in [0, 0.1) is 0 Å². The lowest BCUT2D eigenvalue weighted by Crippen LogP contribution is -2.41. The molecule has 2 N–H and O–H groups in total. The van der Waals surface area contributed by atoms with Crippen molar-refractivity contribution >= 4 is 23.6 Å². The highest BCUT2D eigenvalue weighted by molar-refractivity contribution is 7.98. The quantitative estimate of drug-likeness (QED) is 0.683. The first kappa shape index (κ1) is 18.1. The molecule has 0 fully saturated rings. The summed E-state index contributed by atoms with van der Waals surface area (Å²) in [5.74, 6) is -0.239. The molecule has 5 nitrogen and oxygen atoms in total. The van der Waals surface area contributed by atoms with E-state index in [1.807, 2.05) is 13.2 Å². The lowest BCUT2D eigenvalue weighted by Gasteiger charge is -2.14. The highest BCUT2D eigenvalue weighted by atomic mass is 32.2. The van der Waals surface area contributed by atoms with Crippen LogP contribution in [0.25, 0.3) is 0 Å². The van der Waals surface area contributed by atoms with Gasteiger partial charge in [0.1, 0.15) is 18.4 Å². The third kappa shape index (κ3) is 6.22.